The first kappa shape index (κ1) is 46.2. The van der Waals surface area contributed by atoms with E-state index in [-0.39, 0.29) is 31.1 Å². The van der Waals surface area contributed by atoms with Crippen LogP contribution >= 0.6 is 0 Å². The third kappa shape index (κ3) is 24.9. The number of para-hydroxylation sites is 1. The van der Waals surface area contributed by atoms with E-state index in [1.165, 1.54) is 18.2 Å². The summed E-state index contributed by atoms with van der Waals surface area (Å²) in [5.41, 5.74) is -0.105. The first-order chi connectivity index (χ1) is 25.9. The summed E-state index contributed by atoms with van der Waals surface area (Å²) in [6.07, 6.45) is -4.48. The lowest BCUT2D eigenvalue weighted by Crippen LogP contribution is -2.16. The fourth-order valence-corrected chi connectivity index (χ4v) is 4.11. The van der Waals surface area contributed by atoms with Gasteiger partial charge < -0.3 is 57.4 Å². The Hall–Kier alpha value is -2.97. The van der Waals surface area contributed by atoms with Gasteiger partial charge in [0.25, 0.3) is 0 Å². The van der Waals surface area contributed by atoms with Crippen molar-refractivity contribution in [3.05, 3.63) is 59.7 Å². The van der Waals surface area contributed by atoms with Crippen LogP contribution in [0.4, 0.5) is 28.9 Å². The number of ether oxygens (including phenoxy) is 11. The second-order valence-electron chi connectivity index (χ2n) is 10.7. The summed E-state index contributed by atoms with van der Waals surface area (Å²) in [5.74, 6) is -0.633. The van der Waals surface area contributed by atoms with Crippen LogP contribution in [0.5, 0.6) is 0 Å². The molecule has 0 heterocycles. The highest BCUT2D eigenvalue weighted by Crippen LogP contribution is 2.32. The maximum absolute atomic E-state index is 13.0. The van der Waals surface area contributed by atoms with Gasteiger partial charge in [0.15, 0.2) is 0 Å². The van der Waals surface area contributed by atoms with E-state index in [2.05, 4.69) is 5.32 Å². The zero-order valence-electron chi connectivity index (χ0n) is 30.1. The lowest BCUT2D eigenvalue weighted by molar-refractivity contribution is -0.137. The van der Waals surface area contributed by atoms with Crippen molar-refractivity contribution in [2.45, 2.75) is 6.18 Å². The number of rotatable bonds is 35. The second kappa shape index (κ2) is 31.4. The molecule has 0 saturated carbocycles. The van der Waals surface area contributed by atoms with Crippen LogP contribution < -0.4 is 5.32 Å². The van der Waals surface area contributed by atoms with E-state index in [4.69, 9.17) is 52.1 Å². The highest BCUT2D eigenvalue weighted by atomic mass is 19.4. The fraction of sp³-hybridized carbons (Fsp3) is 0.639. The molecule has 302 valence electrons. The molecule has 2 aromatic rings. The van der Waals surface area contributed by atoms with Crippen molar-refractivity contribution >= 4 is 17.3 Å². The van der Waals surface area contributed by atoms with Gasteiger partial charge in [0.05, 0.1) is 149 Å². The molecular formula is C36H53F4NO12. The van der Waals surface area contributed by atoms with Gasteiger partial charge in [-0.3, -0.25) is 0 Å². The minimum Gasteiger partial charge on any atom is -0.460 e. The third-order valence-electron chi connectivity index (χ3n) is 6.65. The molecule has 13 nitrogen and oxygen atoms in total. The van der Waals surface area contributed by atoms with E-state index in [9.17, 15) is 22.4 Å². The van der Waals surface area contributed by atoms with E-state index < -0.39 is 24.4 Å². The van der Waals surface area contributed by atoms with Crippen molar-refractivity contribution in [1.29, 1.82) is 0 Å². The molecule has 0 aliphatic rings. The molecule has 2 aromatic carbocycles. The molecule has 0 bridgehead atoms. The van der Waals surface area contributed by atoms with Gasteiger partial charge in [-0.05, 0) is 30.3 Å². The number of carbonyl (C=O) groups is 1. The predicted octanol–water partition coefficient (Wildman–Crippen LogP) is 4.74. The summed E-state index contributed by atoms with van der Waals surface area (Å²) < 4.78 is 110. The topological polar surface area (TPSA) is 131 Å². The van der Waals surface area contributed by atoms with E-state index in [1.807, 2.05) is 0 Å². The minimum absolute atomic E-state index is 0.00639. The van der Waals surface area contributed by atoms with Crippen LogP contribution in [0.25, 0.3) is 0 Å². The van der Waals surface area contributed by atoms with Crippen LogP contribution in [0.2, 0.25) is 0 Å². The van der Waals surface area contributed by atoms with E-state index in [1.54, 1.807) is 18.2 Å². The molecule has 0 aliphatic heterocycles. The number of hydrogen-bond donors (Lipinski definition) is 1. The second-order valence-corrected chi connectivity index (χ2v) is 10.7. The van der Waals surface area contributed by atoms with Gasteiger partial charge in [-0.15, -0.1) is 0 Å². The van der Waals surface area contributed by atoms with Crippen LogP contribution in [-0.2, 0) is 58.3 Å². The normalized spacial score (nSPS) is 11.6. The molecule has 0 atom stereocenters. The summed E-state index contributed by atoms with van der Waals surface area (Å²) in [7, 11) is 0. The van der Waals surface area contributed by atoms with Crippen LogP contribution in [-0.4, -0.2) is 151 Å². The maximum Gasteiger partial charge on any atom is 0.416 e. The number of esters is 1. The molecule has 0 amide bonds. The Balaban J connectivity index is 1.30. The molecule has 0 spiro atoms. The number of carbonyl (C=O) groups excluding carboxylic acids is 1. The Kier molecular flexibility index (Phi) is 27.4. The van der Waals surface area contributed by atoms with Crippen molar-refractivity contribution < 1.29 is 74.5 Å². The smallest absolute Gasteiger partial charge is 0.416 e. The van der Waals surface area contributed by atoms with Crippen LogP contribution in [0.3, 0.4) is 0 Å². The number of alkyl halides is 4. The average molecular weight is 768 g/mol. The van der Waals surface area contributed by atoms with Gasteiger partial charge in [0.2, 0.25) is 0 Å². The van der Waals surface area contributed by atoms with Gasteiger partial charge in [0, 0.05) is 5.69 Å². The molecular weight excluding hydrogens is 714 g/mol. The molecule has 1 N–H and O–H groups in total. The highest BCUT2D eigenvalue weighted by Gasteiger charge is 2.30. The Morgan fingerprint density at radius 3 is 1.26 bits per heavy atom. The summed E-state index contributed by atoms with van der Waals surface area (Å²) in [4.78, 5) is 12.6. The quantitative estimate of drug-likeness (QED) is 0.0590. The van der Waals surface area contributed by atoms with E-state index in [0.29, 0.717) is 125 Å². The largest absolute Gasteiger partial charge is 0.460 e. The van der Waals surface area contributed by atoms with Crippen LogP contribution in [0, 0.1) is 0 Å². The van der Waals surface area contributed by atoms with Gasteiger partial charge in [-0.1, -0.05) is 18.2 Å². The predicted molar refractivity (Wildman–Crippen MR) is 186 cm³/mol. The van der Waals surface area contributed by atoms with Gasteiger partial charge >= 0.3 is 12.1 Å². The van der Waals surface area contributed by atoms with E-state index in [0.717, 1.165) is 12.1 Å². The van der Waals surface area contributed by atoms with Crippen molar-refractivity contribution in [1.82, 2.24) is 0 Å². The zero-order valence-corrected chi connectivity index (χ0v) is 30.1. The molecule has 0 aliphatic carbocycles. The van der Waals surface area contributed by atoms with Crippen LogP contribution in [0.15, 0.2) is 48.5 Å². The average Bonchev–Trinajstić information content (AvgIpc) is 3.15. The Bertz CT molecular complexity index is 1180. The fourth-order valence-electron chi connectivity index (χ4n) is 4.11. The molecule has 0 aromatic heterocycles. The lowest BCUT2D eigenvalue weighted by Gasteiger charge is -2.13. The number of benzene rings is 2. The minimum atomic E-state index is -4.48. The summed E-state index contributed by atoms with van der Waals surface area (Å²) >= 11 is 0. The monoisotopic (exact) mass is 767 g/mol. The molecule has 17 heteroatoms. The summed E-state index contributed by atoms with van der Waals surface area (Å²) in [6.45, 7) is 7.34. The Labute approximate surface area is 308 Å². The number of halogens is 4. The number of nitrogens with one attached hydrogen (secondary N) is 1. The first-order valence-electron chi connectivity index (χ1n) is 17.5. The van der Waals surface area contributed by atoms with Gasteiger partial charge in [-0.25, -0.2) is 9.18 Å². The Morgan fingerprint density at radius 1 is 0.491 bits per heavy atom. The number of anilines is 2. The lowest BCUT2D eigenvalue weighted by atomic mass is 10.1. The summed E-state index contributed by atoms with van der Waals surface area (Å²) in [6, 6.07) is 11.1. The van der Waals surface area contributed by atoms with Crippen molar-refractivity contribution in [2.24, 2.45) is 0 Å². The standard InChI is InChI=1S/C36H53F4NO12/c37-8-9-43-10-11-44-12-13-45-14-15-46-16-17-47-18-19-48-20-21-49-22-23-50-24-25-51-26-27-52-28-29-53-35(42)33-6-1-2-7-34(33)41-32-5-3-4-31(30-32)36(38,39)40/h1-7,30,41H,8-29H2. The maximum atomic E-state index is 13.0. The SMILES string of the molecule is O=C(OCCOCCOCCOCCOCCOCCOCCOCCOCCOCCOCCF)c1ccccc1Nc1cccc(C(F)(F)F)c1. The van der Waals surface area contributed by atoms with Gasteiger partial charge in [0.1, 0.15) is 13.3 Å². The molecule has 0 radical (unpaired) electrons. The number of hydrogen-bond acceptors (Lipinski definition) is 13. The van der Waals surface area contributed by atoms with Crippen molar-refractivity contribution in [3.8, 4) is 0 Å². The molecule has 53 heavy (non-hydrogen) atoms. The van der Waals surface area contributed by atoms with Gasteiger partial charge in [-0.2, -0.15) is 13.2 Å². The highest BCUT2D eigenvalue weighted by molar-refractivity contribution is 5.96. The molecule has 2 rings (SSSR count). The molecule has 0 fully saturated rings. The van der Waals surface area contributed by atoms with Crippen molar-refractivity contribution in [2.75, 3.05) is 151 Å². The zero-order chi connectivity index (χ0) is 38.1. The van der Waals surface area contributed by atoms with E-state index >= 15 is 0 Å². The Morgan fingerprint density at radius 2 is 0.868 bits per heavy atom. The van der Waals surface area contributed by atoms with Crippen LogP contribution in [0.1, 0.15) is 15.9 Å². The molecule has 0 unspecified atom stereocenters. The third-order valence-corrected chi connectivity index (χ3v) is 6.65. The first-order valence-corrected chi connectivity index (χ1v) is 17.5. The summed E-state index contributed by atoms with van der Waals surface area (Å²) in [5, 5.41) is 2.85. The van der Waals surface area contributed by atoms with Crippen molar-refractivity contribution in [3.63, 3.8) is 0 Å². The molecule has 0 saturated heterocycles.